The zero-order chi connectivity index (χ0) is 22.1. The highest BCUT2D eigenvalue weighted by atomic mass is 32.1. The Hall–Kier alpha value is -2.91. The van der Waals surface area contributed by atoms with Crippen LogP contribution in [0.4, 0.5) is 5.13 Å². The SMILES string of the molecule is Cc1ccc(Cc2nnc(NC(=O)CCn3cnc4sc5c(c4c3=O)CCCC5)s2)cc1. The highest BCUT2D eigenvalue weighted by Crippen LogP contribution is 2.33. The molecule has 0 fully saturated rings. The van der Waals surface area contributed by atoms with Gasteiger partial charge in [0.25, 0.3) is 5.56 Å². The van der Waals surface area contributed by atoms with Gasteiger partial charge in [0.1, 0.15) is 9.84 Å². The summed E-state index contributed by atoms with van der Waals surface area (Å²) in [5.74, 6) is -0.192. The van der Waals surface area contributed by atoms with Gasteiger partial charge in [-0.2, -0.15) is 0 Å². The Kier molecular flexibility index (Phi) is 5.84. The Morgan fingerprint density at radius 1 is 1.12 bits per heavy atom. The Labute approximate surface area is 193 Å². The highest BCUT2D eigenvalue weighted by molar-refractivity contribution is 7.18. The molecule has 1 amide bonds. The number of hydrogen-bond donors (Lipinski definition) is 1. The number of fused-ring (bicyclic) bond motifs is 3. The summed E-state index contributed by atoms with van der Waals surface area (Å²) in [6, 6.07) is 8.28. The molecule has 7 nitrogen and oxygen atoms in total. The Morgan fingerprint density at radius 2 is 1.94 bits per heavy atom. The average Bonchev–Trinajstić information content (AvgIpc) is 3.39. The maximum Gasteiger partial charge on any atom is 0.262 e. The van der Waals surface area contributed by atoms with E-state index in [9.17, 15) is 9.59 Å². The first-order chi connectivity index (χ1) is 15.6. The number of thiophene rings is 1. The Bertz CT molecular complexity index is 1340. The van der Waals surface area contributed by atoms with Gasteiger partial charge in [0.05, 0.1) is 11.7 Å². The number of rotatable bonds is 6. The van der Waals surface area contributed by atoms with Crippen LogP contribution in [0.15, 0.2) is 35.4 Å². The topological polar surface area (TPSA) is 89.8 Å². The average molecular weight is 466 g/mol. The zero-order valence-electron chi connectivity index (χ0n) is 17.8. The first-order valence-corrected chi connectivity index (χ1v) is 12.4. The molecule has 5 rings (SSSR count). The molecule has 0 spiro atoms. The van der Waals surface area contributed by atoms with Crippen molar-refractivity contribution in [2.75, 3.05) is 5.32 Å². The van der Waals surface area contributed by atoms with Gasteiger partial charge in [0, 0.05) is 24.3 Å². The molecule has 3 aromatic heterocycles. The van der Waals surface area contributed by atoms with E-state index >= 15 is 0 Å². The molecule has 0 saturated carbocycles. The van der Waals surface area contributed by atoms with Gasteiger partial charge in [0.2, 0.25) is 11.0 Å². The van der Waals surface area contributed by atoms with Crippen LogP contribution in [0.1, 0.15) is 45.8 Å². The largest absolute Gasteiger partial charge is 0.300 e. The molecule has 0 atom stereocenters. The van der Waals surface area contributed by atoms with Crippen molar-refractivity contribution >= 4 is 43.9 Å². The van der Waals surface area contributed by atoms with Crippen molar-refractivity contribution in [1.29, 1.82) is 0 Å². The van der Waals surface area contributed by atoms with E-state index < -0.39 is 0 Å². The second-order valence-corrected chi connectivity index (χ2v) is 10.2. The Balaban J connectivity index is 1.22. The molecule has 0 unspecified atom stereocenters. The fourth-order valence-corrected chi connectivity index (χ4v) is 6.01. The molecular formula is C23H23N5O2S2. The lowest BCUT2D eigenvalue weighted by molar-refractivity contribution is -0.116. The van der Waals surface area contributed by atoms with E-state index in [0.717, 1.165) is 40.1 Å². The van der Waals surface area contributed by atoms with Crippen LogP contribution in [-0.2, 0) is 30.6 Å². The smallest absolute Gasteiger partial charge is 0.262 e. The van der Waals surface area contributed by atoms with Gasteiger partial charge in [-0.3, -0.25) is 14.2 Å². The lowest BCUT2D eigenvalue weighted by Gasteiger charge is -2.10. The number of carbonyl (C=O) groups excluding carboxylic acids is 1. The van der Waals surface area contributed by atoms with E-state index in [1.54, 1.807) is 22.2 Å². The van der Waals surface area contributed by atoms with Crippen LogP contribution in [0.2, 0.25) is 0 Å². The molecule has 1 aliphatic rings. The number of nitrogens with one attached hydrogen (secondary N) is 1. The van der Waals surface area contributed by atoms with Crippen LogP contribution in [0, 0.1) is 6.92 Å². The minimum absolute atomic E-state index is 0.0431. The molecule has 0 saturated heterocycles. The summed E-state index contributed by atoms with van der Waals surface area (Å²) in [5.41, 5.74) is 3.50. The molecule has 0 bridgehead atoms. The van der Waals surface area contributed by atoms with Gasteiger partial charge in [-0.15, -0.1) is 21.5 Å². The first-order valence-electron chi connectivity index (χ1n) is 10.7. The summed E-state index contributed by atoms with van der Waals surface area (Å²) in [5, 5.41) is 13.1. The third-order valence-electron chi connectivity index (χ3n) is 5.71. The third-order valence-corrected chi connectivity index (χ3v) is 7.75. The second kappa shape index (κ2) is 8.91. The molecular weight excluding hydrogens is 442 g/mol. The molecule has 164 valence electrons. The normalized spacial score (nSPS) is 13.3. The van der Waals surface area contributed by atoms with Crippen LogP contribution >= 0.6 is 22.7 Å². The van der Waals surface area contributed by atoms with E-state index in [-0.39, 0.29) is 24.4 Å². The number of nitrogens with zero attached hydrogens (tertiary/aromatic N) is 4. The number of anilines is 1. The third kappa shape index (κ3) is 4.35. The molecule has 1 aliphatic carbocycles. The van der Waals surface area contributed by atoms with Crippen molar-refractivity contribution in [3.8, 4) is 0 Å². The van der Waals surface area contributed by atoms with E-state index in [4.69, 9.17) is 0 Å². The molecule has 3 heterocycles. The predicted octanol–water partition coefficient (Wildman–Crippen LogP) is 4.12. The van der Waals surface area contributed by atoms with Crippen LogP contribution in [0.25, 0.3) is 10.2 Å². The van der Waals surface area contributed by atoms with Crippen LogP contribution < -0.4 is 10.9 Å². The van der Waals surface area contributed by atoms with Crippen LogP contribution in [0.3, 0.4) is 0 Å². The summed E-state index contributed by atoms with van der Waals surface area (Å²) in [6.07, 6.45) is 6.68. The molecule has 4 aromatic rings. The highest BCUT2D eigenvalue weighted by Gasteiger charge is 2.20. The maximum atomic E-state index is 13.0. The van der Waals surface area contributed by atoms with Gasteiger partial charge in [-0.05, 0) is 43.7 Å². The van der Waals surface area contributed by atoms with Crippen LogP contribution in [-0.4, -0.2) is 25.7 Å². The summed E-state index contributed by atoms with van der Waals surface area (Å²) in [6.45, 7) is 2.34. The fraction of sp³-hybridized carbons (Fsp3) is 0.348. The summed E-state index contributed by atoms with van der Waals surface area (Å²) in [4.78, 5) is 32.1. The zero-order valence-corrected chi connectivity index (χ0v) is 19.4. The van der Waals surface area contributed by atoms with E-state index in [2.05, 4.69) is 51.7 Å². The van der Waals surface area contributed by atoms with Crippen molar-refractivity contribution in [2.24, 2.45) is 0 Å². The Morgan fingerprint density at radius 3 is 2.78 bits per heavy atom. The van der Waals surface area contributed by atoms with Gasteiger partial charge < -0.3 is 5.32 Å². The molecule has 32 heavy (non-hydrogen) atoms. The van der Waals surface area contributed by atoms with Gasteiger partial charge in [-0.25, -0.2) is 4.98 Å². The summed E-state index contributed by atoms with van der Waals surface area (Å²) < 4.78 is 1.55. The molecule has 0 aliphatic heterocycles. The lowest BCUT2D eigenvalue weighted by atomic mass is 9.97. The molecule has 9 heteroatoms. The number of aryl methyl sites for hydroxylation is 4. The summed E-state index contributed by atoms with van der Waals surface area (Å²) >= 11 is 3.00. The van der Waals surface area contributed by atoms with Crippen molar-refractivity contribution in [2.45, 2.75) is 52.0 Å². The van der Waals surface area contributed by atoms with Crippen LogP contribution in [0.5, 0.6) is 0 Å². The molecule has 0 radical (unpaired) electrons. The monoisotopic (exact) mass is 465 g/mol. The number of amides is 1. The number of hydrogen-bond acceptors (Lipinski definition) is 7. The summed E-state index contributed by atoms with van der Waals surface area (Å²) in [7, 11) is 0. The maximum absolute atomic E-state index is 13.0. The molecule has 1 N–H and O–H groups in total. The quantitative estimate of drug-likeness (QED) is 0.463. The van der Waals surface area contributed by atoms with Gasteiger partial charge >= 0.3 is 0 Å². The molecule has 1 aromatic carbocycles. The fourth-order valence-electron chi connectivity index (χ4n) is 4.00. The van der Waals surface area contributed by atoms with E-state index in [0.29, 0.717) is 11.6 Å². The number of carbonyl (C=O) groups is 1. The lowest BCUT2D eigenvalue weighted by Crippen LogP contribution is -2.24. The number of aromatic nitrogens is 4. The van der Waals surface area contributed by atoms with Crippen molar-refractivity contribution in [1.82, 2.24) is 19.7 Å². The minimum Gasteiger partial charge on any atom is -0.300 e. The van der Waals surface area contributed by atoms with Gasteiger partial charge in [0.15, 0.2) is 0 Å². The number of benzene rings is 1. The standard InChI is InChI=1S/C23H23N5O2S2/c1-14-6-8-15(9-7-14)12-19-26-27-23(32-19)25-18(29)10-11-28-13-24-21-20(22(28)30)16-4-2-3-5-17(16)31-21/h6-9,13H,2-5,10-12H2,1H3,(H,25,27,29). The van der Waals surface area contributed by atoms with Gasteiger partial charge in [-0.1, -0.05) is 41.2 Å². The minimum atomic E-state index is -0.192. The van der Waals surface area contributed by atoms with E-state index in [1.165, 1.54) is 33.8 Å². The van der Waals surface area contributed by atoms with Crippen molar-refractivity contribution in [3.05, 3.63) is 67.5 Å². The second-order valence-electron chi connectivity index (χ2n) is 8.10. The van der Waals surface area contributed by atoms with Crippen molar-refractivity contribution < 1.29 is 4.79 Å². The predicted molar refractivity (Wildman–Crippen MR) is 128 cm³/mol. The first kappa shape index (κ1) is 21.0. The van der Waals surface area contributed by atoms with Crippen molar-refractivity contribution in [3.63, 3.8) is 0 Å². The van der Waals surface area contributed by atoms with E-state index in [1.807, 2.05) is 0 Å².